The topological polar surface area (TPSA) is 38.7 Å². The zero-order valence-corrected chi connectivity index (χ0v) is 12.7. The highest BCUT2D eigenvalue weighted by Gasteiger charge is 2.29. The second-order valence-corrected chi connectivity index (χ2v) is 5.76. The van der Waals surface area contributed by atoms with Crippen molar-refractivity contribution in [1.29, 1.82) is 0 Å². The lowest BCUT2D eigenvalue weighted by Crippen LogP contribution is -2.24. The average Bonchev–Trinajstić information content (AvgIpc) is 2.47. The minimum Gasteiger partial charge on any atom is -0.486 e. The summed E-state index contributed by atoms with van der Waals surface area (Å²) in [5, 5.41) is 10.9. The van der Waals surface area contributed by atoms with E-state index in [0.717, 1.165) is 21.3 Å². The molecule has 0 bridgehead atoms. The van der Waals surface area contributed by atoms with Gasteiger partial charge >= 0.3 is 0 Å². The number of aliphatic hydroxyl groups is 1. The van der Waals surface area contributed by atoms with Crippen molar-refractivity contribution < 1.29 is 14.6 Å². The molecule has 0 aromatic heterocycles. The maximum Gasteiger partial charge on any atom is 0.161 e. The lowest BCUT2D eigenvalue weighted by Gasteiger charge is -2.27. The van der Waals surface area contributed by atoms with Crippen LogP contribution in [-0.4, -0.2) is 18.3 Å². The van der Waals surface area contributed by atoms with Crippen LogP contribution in [0.5, 0.6) is 11.5 Å². The Labute approximate surface area is 126 Å². The molecule has 1 N–H and O–H groups in total. The van der Waals surface area contributed by atoms with E-state index in [4.69, 9.17) is 9.47 Å². The van der Waals surface area contributed by atoms with Crippen molar-refractivity contribution in [1.82, 2.24) is 0 Å². The van der Waals surface area contributed by atoms with E-state index >= 15 is 0 Å². The predicted octanol–water partition coefficient (Wildman–Crippen LogP) is 3.48. The molecule has 1 atom stereocenters. The van der Waals surface area contributed by atoms with E-state index in [2.05, 4.69) is 15.9 Å². The van der Waals surface area contributed by atoms with Crippen LogP contribution in [0.15, 0.2) is 46.9 Å². The SMILES string of the molecule is CC(O)(c1ccc2c(c1)OCCO2)c1ccccc1Br. The van der Waals surface area contributed by atoms with Crippen molar-refractivity contribution in [2.24, 2.45) is 0 Å². The van der Waals surface area contributed by atoms with Crippen LogP contribution in [-0.2, 0) is 5.60 Å². The van der Waals surface area contributed by atoms with Crippen LogP contribution in [0.4, 0.5) is 0 Å². The molecule has 0 saturated heterocycles. The van der Waals surface area contributed by atoms with Crippen molar-refractivity contribution in [2.75, 3.05) is 13.2 Å². The van der Waals surface area contributed by atoms with Crippen LogP contribution in [0.25, 0.3) is 0 Å². The zero-order chi connectivity index (χ0) is 14.2. The van der Waals surface area contributed by atoms with Gasteiger partial charge in [-0.25, -0.2) is 0 Å². The fourth-order valence-electron chi connectivity index (χ4n) is 2.36. The monoisotopic (exact) mass is 334 g/mol. The number of halogens is 1. The molecule has 0 saturated carbocycles. The zero-order valence-electron chi connectivity index (χ0n) is 11.1. The maximum absolute atomic E-state index is 10.9. The standard InChI is InChI=1S/C16H15BrO3/c1-16(18,12-4-2-3-5-13(12)17)11-6-7-14-15(10-11)20-9-8-19-14/h2-7,10,18H,8-9H2,1H3. The van der Waals surface area contributed by atoms with E-state index in [1.165, 1.54) is 0 Å². The van der Waals surface area contributed by atoms with Gasteiger partial charge < -0.3 is 14.6 Å². The summed E-state index contributed by atoms with van der Waals surface area (Å²) in [7, 11) is 0. The average molecular weight is 335 g/mol. The van der Waals surface area contributed by atoms with Crippen molar-refractivity contribution in [3.05, 3.63) is 58.1 Å². The van der Waals surface area contributed by atoms with Crippen molar-refractivity contribution in [3.63, 3.8) is 0 Å². The fourth-order valence-corrected chi connectivity index (χ4v) is 3.03. The number of hydrogen-bond acceptors (Lipinski definition) is 3. The molecule has 0 aliphatic carbocycles. The summed E-state index contributed by atoms with van der Waals surface area (Å²) in [5.41, 5.74) is 0.487. The number of ether oxygens (including phenoxy) is 2. The van der Waals surface area contributed by atoms with Crippen LogP contribution in [0.2, 0.25) is 0 Å². The third-order valence-corrected chi connectivity index (χ3v) is 4.19. The Balaban J connectivity index is 2.05. The summed E-state index contributed by atoms with van der Waals surface area (Å²) in [6, 6.07) is 13.2. The molecular formula is C16H15BrO3. The van der Waals surface area contributed by atoms with Crippen molar-refractivity contribution >= 4 is 15.9 Å². The second-order valence-electron chi connectivity index (χ2n) is 4.91. The molecule has 1 aliphatic heterocycles. The molecule has 0 spiro atoms. The quantitative estimate of drug-likeness (QED) is 0.913. The highest BCUT2D eigenvalue weighted by atomic mass is 79.9. The fraction of sp³-hybridized carbons (Fsp3) is 0.250. The number of rotatable bonds is 2. The number of benzene rings is 2. The van der Waals surface area contributed by atoms with E-state index in [1.807, 2.05) is 42.5 Å². The van der Waals surface area contributed by atoms with Crippen LogP contribution >= 0.6 is 15.9 Å². The summed E-state index contributed by atoms with van der Waals surface area (Å²) in [6.45, 7) is 2.87. The first-order valence-electron chi connectivity index (χ1n) is 6.46. The van der Waals surface area contributed by atoms with Crippen LogP contribution < -0.4 is 9.47 Å². The van der Waals surface area contributed by atoms with Gasteiger partial charge in [0.25, 0.3) is 0 Å². The van der Waals surface area contributed by atoms with Gasteiger partial charge in [0.1, 0.15) is 18.8 Å². The Morgan fingerprint density at radius 3 is 2.50 bits per heavy atom. The Morgan fingerprint density at radius 2 is 1.75 bits per heavy atom. The highest BCUT2D eigenvalue weighted by Crippen LogP contribution is 2.38. The molecule has 104 valence electrons. The first-order chi connectivity index (χ1) is 9.59. The van der Waals surface area contributed by atoms with E-state index in [-0.39, 0.29) is 0 Å². The van der Waals surface area contributed by atoms with E-state index in [0.29, 0.717) is 19.0 Å². The Morgan fingerprint density at radius 1 is 1.05 bits per heavy atom. The van der Waals surface area contributed by atoms with Crippen LogP contribution in [0.3, 0.4) is 0 Å². The lowest BCUT2D eigenvalue weighted by atomic mass is 9.88. The van der Waals surface area contributed by atoms with E-state index in [9.17, 15) is 5.11 Å². The molecule has 20 heavy (non-hydrogen) atoms. The van der Waals surface area contributed by atoms with E-state index in [1.54, 1.807) is 6.92 Å². The minimum atomic E-state index is -1.10. The van der Waals surface area contributed by atoms with Gasteiger partial charge in [0.05, 0.1) is 0 Å². The van der Waals surface area contributed by atoms with Gasteiger partial charge in [0.2, 0.25) is 0 Å². The molecule has 2 aromatic rings. The molecule has 3 nitrogen and oxygen atoms in total. The summed E-state index contributed by atoms with van der Waals surface area (Å²) in [6.07, 6.45) is 0. The van der Waals surface area contributed by atoms with Gasteiger partial charge in [-0.15, -0.1) is 0 Å². The summed E-state index contributed by atoms with van der Waals surface area (Å²) < 4.78 is 12.0. The predicted molar refractivity (Wildman–Crippen MR) is 80.2 cm³/mol. The highest BCUT2D eigenvalue weighted by molar-refractivity contribution is 9.10. The van der Waals surface area contributed by atoms with Gasteiger partial charge in [-0.1, -0.05) is 40.2 Å². The van der Waals surface area contributed by atoms with Gasteiger partial charge in [0, 0.05) is 10.0 Å². The lowest BCUT2D eigenvalue weighted by molar-refractivity contribution is 0.100. The third kappa shape index (κ3) is 2.30. The molecule has 1 heterocycles. The molecule has 0 radical (unpaired) electrons. The number of fused-ring (bicyclic) bond motifs is 1. The van der Waals surface area contributed by atoms with Crippen molar-refractivity contribution in [2.45, 2.75) is 12.5 Å². The Kier molecular flexibility index (Phi) is 3.44. The summed E-state index contributed by atoms with van der Waals surface area (Å²) in [4.78, 5) is 0. The van der Waals surface area contributed by atoms with Gasteiger partial charge in [-0.05, 0) is 30.7 Å². The molecule has 1 aliphatic rings. The molecular weight excluding hydrogens is 320 g/mol. The molecule has 3 rings (SSSR count). The molecule has 0 amide bonds. The van der Waals surface area contributed by atoms with Gasteiger partial charge in [0.15, 0.2) is 11.5 Å². The van der Waals surface area contributed by atoms with Gasteiger partial charge in [-0.3, -0.25) is 0 Å². The maximum atomic E-state index is 10.9. The number of hydrogen-bond donors (Lipinski definition) is 1. The molecule has 2 aromatic carbocycles. The van der Waals surface area contributed by atoms with Crippen LogP contribution in [0, 0.1) is 0 Å². The minimum absolute atomic E-state index is 0.535. The Hall–Kier alpha value is -1.52. The Bertz CT molecular complexity index is 637. The second kappa shape index (κ2) is 5.11. The molecule has 1 unspecified atom stereocenters. The third-order valence-electron chi connectivity index (χ3n) is 3.50. The molecule has 0 fully saturated rings. The largest absolute Gasteiger partial charge is 0.486 e. The first-order valence-corrected chi connectivity index (χ1v) is 7.26. The normalized spacial score (nSPS) is 16.6. The summed E-state index contributed by atoms with van der Waals surface area (Å²) in [5.74, 6) is 1.41. The van der Waals surface area contributed by atoms with Gasteiger partial charge in [-0.2, -0.15) is 0 Å². The molecule has 4 heteroatoms. The summed E-state index contributed by atoms with van der Waals surface area (Å²) >= 11 is 3.49. The van der Waals surface area contributed by atoms with E-state index < -0.39 is 5.60 Å². The smallest absolute Gasteiger partial charge is 0.161 e. The van der Waals surface area contributed by atoms with Crippen LogP contribution in [0.1, 0.15) is 18.1 Å². The first kappa shape index (κ1) is 13.5. The van der Waals surface area contributed by atoms with Crippen molar-refractivity contribution in [3.8, 4) is 11.5 Å².